The van der Waals surface area contributed by atoms with Gasteiger partial charge in [-0.05, 0) is 30.2 Å². The SMILES string of the molecule is COC1=C(O)C(C)(C)CC(C(=O)C2COC(c3ccc(O)c(OC)c3)C2CO)=C1. The molecule has 0 bridgehead atoms. The average molecular weight is 404 g/mol. The van der Waals surface area contributed by atoms with Gasteiger partial charge >= 0.3 is 0 Å². The number of Topliss-reactive ketones (excluding diaryl/α,β-unsaturated/α-hetero) is 1. The van der Waals surface area contributed by atoms with E-state index in [4.69, 9.17) is 14.2 Å². The van der Waals surface area contributed by atoms with Gasteiger partial charge in [-0.25, -0.2) is 0 Å². The van der Waals surface area contributed by atoms with Gasteiger partial charge in [0.2, 0.25) is 0 Å². The van der Waals surface area contributed by atoms with Gasteiger partial charge in [0, 0.05) is 23.5 Å². The van der Waals surface area contributed by atoms with Crippen LogP contribution in [0.15, 0.2) is 41.4 Å². The Morgan fingerprint density at radius 1 is 1.24 bits per heavy atom. The molecule has 29 heavy (non-hydrogen) atoms. The summed E-state index contributed by atoms with van der Waals surface area (Å²) in [5.41, 5.74) is 0.644. The fourth-order valence-electron chi connectivity index (χ4n) is 4.10. The van der Waals surface area contributed by atoms with E-state index >= 15 is 0 Å². The molecule has 0 radical (unpaired) electrons. The van der Waals surface area contributed by atoms with E-state index in [1.807, 2.05) is 13.8 Å². The van der Waals surface area contributed by atoms with Gasteiger partial charge in [-0.1, -0.05) is 19.9 Å². The first kappa shape index (κ1) is 21.2. The smallest absolute Gasteiger partial charge is 0.164 e. The lowest BCUT2D eigenvalue weighted by Gasteiger charge is -2.31. The fourth-order valence-corrected chi connectivity index (χ4v) is 4.10. The standard InChI is InChI=1S/C22H28O7/c1-22(2)9-13(8-18(28-4)21(22)26)19(25)15-11-29-20(14(15)10-23)12-5-6-16(24)17(7-12)27-3/h5-8,14-15,20,23-24,26H,9-11H2,1-4H3. The summed E-state index contributed by atoms with van der Waals surface area (Å²) < 4.78 is 16.3. The number of rotatable bonds is 6. The highest BCUT2D eigenvalue weighted by Gasteiger charge is 2.44. The molecular formula is C22H28O7. The molecule has 3 rings (SSSR count). The highest BCUT2D eigenvalue weighted by molar-refractivity contribution is 5.98. The second kappa shape index (κ2) is 8.08. The Morgan fingerprint density at radius 3 is 2.59 bits per heavy atom. The Balaban J connectivity index is 1.88. The van der Waals surface area contributed by atoms with Crippen molar-refractivity contribution in [3.05, 3.63) is 46.9 Å². The van der Waals surface area contributed by atoms with E-state index in [-0.39, 0.29) is 36.3 Å². The summed E-state index contributed by atoms with van der Waals surface area (Å²) in [6, 6.07) is 4.86. The van der Waals surface area contributed by atoms with Gasteiger partial charge in [0.15, 0.2) is 23.0 Å². The van der Waals surface area contributed by atoms with E-state index < -0.39 is 23.4 Å². The average Bonchev–Trinajstić information content (AvgIpc) is 3.13. The second-order valence-corrected chi connectivity index (χ2v) is 8.15. The van der Waals surface area contributed by atoms with Crippen molar-refractivity contribution in [3.63, 3.8) is 0 Å². The van der Waals surface area contributed by atoms with Crippen molar-refractivity contribution in [3.8, 4) is 11.5 Å². The summed E-state index contributed by atoms with van der Waals surface area (Å²) >= 11 is 0. The Bertz CT molecular complexity index is 853. The predicted octanol–water partition coefficient (Wildman–Crippen LogP) is 3.04. The third-order valence-electron chi connectivity index (χ3n) is 5.79. The molecule has 1 saturated heterocycles. The Morgan fingerprint density at radius 2 is 1.97 bits per heavy atom. The minimum absolute atomic E-state index is 0.00991. The van der Waals surface area contributed by atoms with Gasteiger partial charge in [0.1, 0.15) is 5.76 Å². The Labute approximate surface area is 170 Å². The predicted molar refractivity (Wildman–Crippen MR) is 106 cm³/mol. The Kier molecular flexibility index (Phi) is 5.91. The summed E-state index contributed by atoms with van der Waals surface area (Å²) in [6.45, 7) is 3.65. The number of allylic oxidation sites excluding steroid dienone is 3. The molecule has 1 heterocycles. The van der Waals surface area contributed by atoms with E-state index in [0.717, 1.165) is 5.56 Å². The molecule has 0 aromatic heterocycles. The number of carbonyl (C=O) groups is 1. The van der Waals surface area contributed by atoms with Crippen LogP contribution in [0.2, 0.25) is 0 Å². The zero-order chi connectivity index (χ0) is 21.3. The maximum absolute atomic E-state index is 13.3. The number of ketones is 1. The van der Waals surface area contributed by atoms with Crippen molar-refractivity contribution < 1.29 is 34.3 Å². The highest BCUT2D eigenvalue weighted by Crippen LogP contribution is 2.45. The molecule has 0 amide bonds. The van der Waals surface area contributed by atoms with E-state index in [1.165, 1.54) is 20.3 Å². The van der Waals surface area contributed by atoms with Crippen LogP contribution in [0.1, 0.15) is 31.9 Å². The normalized spacial score (nSPS) is 26.2. The third kappa shape index (κ3) is 3.84. The number of carbonyl (C=O) groups excluding carboxylic acids is 1. The van der Waals surface area contributed by atoms with Gasteiger partial charge in [-0.15, -0.1) is 0 Å². The second-order valence-electron chi connectivity index (χ2n) is 8.15. The van der Waals surface area contributed by atoms with Crippen LogP contribution < -0.4 is 4.74 Å². The molecule has 7 nitrogen and oxygen atoms in total. The van der Waals surface area contributed by atoms with Gasteiger partial charge < -0.3 is 29.5 Å². The number of aromatic hydroxyl groups is 1. The van der Waals surface area contributed by atoms with Crippen LogP contribution in [0.4, 0.5) is 0 Å². The number of hydrogen-bond donors (Lipinski definition) is 3. The first-order valence-corrected chi connectivity index (χ1v) is 9.55. The zero-order valence-corrected chi connectivity index (χ0v) is 17.1. The first-order chi connectivity index (χ1) is 13.7. The monoisotopic (exact) mass is 404 g/mol. The molecule has 7 heteroatoms. The maximum Gasteiger partial charge on any atom is 0.164 e. The van der Waals surface area contributed by atoms with Crippen LogP contribution in [0.3, 0.4) is 0 Å². The number of phenols is 1. The molecule has 1 fully saturated rings. The number of aliphatic hydroxyl groups excluding tert-OH is 2. The molecule has 3 atom stereocenters. The number of benzene rings is 1. The number of aliphatic hydroxyl groups is 2. The van der Waals surface area contributed by atoms with Gasteiger partial charge in [0.25, 0.3) is 0 Å². The zero-order valence-electron chi connectivity index (χ0n) is 17.1. The van der Waals surface area contributed by atoms with Crippen molar-refractivity contribution in [2.24, 2.45) is 17.3 Å². The number of hydrogen-bond acceptors (Lipinski definition) is 7. The quantitative estimate of drug-likeness (QED) is 0.669. The molecule has 1 aliphatic heterocycles. The molecule has 0 spiro atoms. The molecule has 3 unspecified atom stereocenters. The summed E-state index contributed by atoms with van der Waals surface area (Å²) in [7, 11) is 2.91. The van der Waals surface area contributed by atoms with E-state index in [2.05, 4.69) is 0 Å². The lowest BCUT2D eigenvalue weighted by atomic mass is 9.74. The molecule has 158 valence electrons. The molecule has 3 N–H and O–H groups in total. The van der Waals surface area contributed by atoms with Gasteiger partial charge in [-0.2, -0.15) is 0 Å². The Hall–Kier alpha value is -2.51. The minimum atomic E-state index is -0.622. The van der Waals surface area contributed by atoms with Crippen molar-refractivity contribution in [1.29, 1.82) is 0 Å². The highest BCUT2D eigenvalue weighted by atomic mass is 16.5. The minimum Gasteiger partial charge on any atom is -0.508 e. The molecule has 1 aromatic carbocycles. The molecule has 0 saturated carbocycles. The van der Waals surface area contributed by atoms with E-state index in [9.17, 15) is 20.1 Å². The topological polar surface area (TPSA) is 105 Å². The molecule has 1 aromatic rings. The summed E-state index contributed by atoms with van der Waals surface area (Å²) in [6.07, 6.45) is 1.46. The lowest BCUT2D eigenvalue weighted by Crippen LogP contribution is -2.31. The largest absolute Gasteiger partial charge is 0.508 e. The fraction of sp³-hybridized carbons (Fsp3) is 0.500. The summed E-state index contributed by atoms with van der Waals surface area (Å²) in [4.78, 5) is 13.3. The van der Waals surface area contributed by atoms with Crippen LogP contribution in [0, 0.1) is 17.3 Å². The van der Waals surface area contributed by atoms with Gasteiger partial charge in [-0.3, -0.25) is 4.79 Å². The van der Waals surface area contributed by atoms with Crippen LogP contribution in [-0.2, 0) is 14.3 Å². The number of methoxy groups -OCH3 is 2. The first-order valence-electron chi connectivity index (χ1n) is 9.55. The van der Waals surface area contributed by atoms with Crippen molar-refractivity contribution in [2.75, 3.05) is 27.4 Å². The summed E-state index contributed by atoms with van der Waals surface area (Å²) in [5.74, 6) is -0.366. The van der Waals surface area contributed by atoms with Crippen molar-refractivity contribution in [2.45, 2.75) is 26.4 Å². The van der Waals surface area contributed by atoms with E-state index in [0.29, 0.717) is 17.7 Å². The lowest BCUT2D eigenvalue weighted by molar-refractivity contribution is -0.121. The van der Waals surface area contributed by atoms with Crippen LogP contribution in [0.25, 0.3) is 0 Å². The van der Waals surface area contributed by atoms with Gasteiger partial charge in [0.05, 0.1) is 32.8 Å². The summed E-state index contributed by atoms with van der Waals surface area (Å²) in [5, 5.41) is 30.2. The van der Waals surface area contributed by atoms with Crippen LogP contribution >= 0.6 is 0 Å². The number of ether oxygens (including phenoxy) is 3. The third-order valence-corrected chi connectivity index (χ3v) is 5.79. The molecular weight excluding hydrogens is 376 g/mol. The molecule has 2 aliphatic rings. The van der Waals surface area contributed by atoms with E-state index in [1.54, 1.807) is 18.2 Å². The van der Waals surface area contributed by atoms with Crippen molar-refractivity contribution >= 4 is 5.78 Å². The number of phenolic OH excluding ortho intramolecular Hbond substituents is 1. The van der Waals surface area contributed by atoms with Crippen LogP contribution in [-0.4, -0.2) is 48.5 Å². The van der Waals surface area contributed by atoms with Crippen LogP contribution in [0.5, 0.6) is 11.5 Å². The maximum atomic E-state index is 13.3. The van der Waals surface area contributed by atoms with Crippen molar-refractivity contribution in [1.82, 2.24) is 0 Å². The molecule has 1 aliphatic carbocycles.